The Hall–Kier alpha value is -1.91. The SMILES string of the molecule is CCNc1c(C)c(C)nc2ccc(OC(F)F)cc12. The fourth-order valence-electron chi connectivity index (χ4n) is 2.04. The summed E-state index contributed by atoms with van der Waals surface area (Å²) in [6.45, 7) is 3.80. The molecule has 0 bridgehead atoms. The number of aromatic nitrogens is 1. The van der Waals surface area contributed by atoms with E-state index >= 15 is 0 Å². The molecule has 0 amide bonds. The molecule has 1 heterocycles. The molecule has 1 N–H and O–H groups in total. The minimum atomic E-state index is -2.82. The van der Waals surface area contributed by atoms with Gasteiger partial charge in [0.05, 0.1) is 5.52 Å². The number of halogens is 2. The Labute approximate surface area is 110 Å². The molecule has 19 heavy (non-hydrogen) atoms. The number of aryl methyl sites for hydroxylation is 1. The largest absolute Gasteiger partial charge is 0.435 e. The van der Waals surface area contributed by atoms with Crippen LogP contribution < -0.4 is 10.1 Å². The Kier molecular flexibility index (Phi) is 3.83. The lowest BCUT2D eigenvalue weighted by atomic mass is 10.1. The van der Waals surface area contributed by atoms with Crippen LogP contribution in [0.1, 0.15) is 18.2 Å². The van der Waals surface area contributed by atoms with Crippen LogP contribution >= 0.6 is 0 Å². The van der Waals surface area contributed by atoms with E-state index in [9.17, 15) is 8.78 Å². The third-order valence-electron chi connectivity index (χ3n) is 3.02. The van der Waals surface area contributed by atoms with Crippen molar-refractivity contribution in [1.29, 1.82) is 0 Å². The fourth-order valence-corrected chi connectivity index (χ4v) is 2.04. The highest BCUT2D eigenvalue weighted by atomic mass is 19.3. The van der Waals surface area contributed by atoms with E-state index in [1.54, 1.807) is 12.1 Å². The van der Waals surface area contributed by atoms with Gasteiger partial charge in [-0.15, -0.1) is 0 Å². The zero-order valence-corrected chi connectivity index (χ0v) is 11.1. The first kappa shape index (κ1) is 13.5. The summed E-state index contributed by atoms with van der Waals surface area (Å²) in [7, 11) is 0. The predicted octanol–water partition coefficient (Wildman–Crippen LogP) is 3.88. The Bertz CT molecular complexity index is 600. The fraction of sp³-hybridized carbons (Fsp3) is 0.357. The minimum absolute atomic E-state index is 0.145. The van der Waals surface area contributed by atoms with Gasteiger partial charge in [-0.05, 0) is 44.5 Å². The molecule has 2 rings (SSSR count). The highest BCUT2D eigenvalue weighted by Crippen LogP contribution is 2.31. The molecule has 0 aliphatic carbocycles. The molecule has 0 fully saturated rings. The van der Waals surface area contributed by atoms with Crippen molar-refractivity contribution in [3.05, 3.63) is 29.5 Å². The van der Waals surface area contributed by atoms with Crippen molar-refractivity contribution in [1.82, 2.24) is 4.98 Å². The quantitative estimate of drug-likeness (QED) is 0.911. The van der Waals surface area contributed by atoms with Crippen molar-refractivity contribution < 1.29 is 13.5 Å². The molecule has 0 atom stereocenters. The first-order valence-electron chi connectivity index (χ1n) is 6.12. The molecular formula is C14H16F2N2O. The van der Waals surface area contributed by atoms with Crippen LogP contribution in [0.2, 0.25) is 0 Å². The molecule has 0 aliphatic heterocycles. The number of hydrogen-bond acceptors (Lipinski definition) is 3. The molecule has 3 nitrogen and oxygen atoms in total. The summed E-state index contributed by atoms with van der Waals surface area (Å²) in [6, 6.07) is 4.80. The third kappa shape index (κ3) is 2.75. The summed E-state index contributed by atoms with van der Waals surface area (Å²) in [5.74, 6) is 0.145. The highest BCUT2D eigenvalue weighted by Gasteiger charge is 2.11. The Morgan fingerprint density at radius 1 is 1.32 bits per heavy atom. The molecule has 2 aromatic rings. The van der Waals surface area contributed by atoms with E-state index in [1.165, 1.54) is 6.07 Å². The van der Waals surface area contributed by atoms with Gasteiger partial charge in [0, 0.05) is 23.3 Å². The summed E-state index contributed by atoms with van der Waals surface area (Å²) in [6.07, 6.45) is 0. The second kappa shape index (κ2) is 5.38. The molecule has 0 aliphatic rings. The number of alkyl halides is 2. The van der Waals surface area contributed by atoms with Crippen LogP contribution in [0.3, 0.4) is 0 Å². The number of ether oxygens (including phenoxy) is 1. The van der Waals surface area contributed by atoms with E-state index in [0.29, 0.717) is 0 Å². The number of fused-ring (bicyclic) bond motifs is 1. The van der Waals surface area contributed by atoms with Crippen molar-refractivity contribution in [2.75, 3.05) is 11.9 Å². The van der Waals surface area contributed by atoms with Crippen molar-refractivity contribution in [2.24, 2.45) is 0 Å². The Balaban J connectivity index is 2.61. The molecule has 1 aromatic carbocycles. The van der Waals surface area contributed by atoms with E-state index in [4.69, 9.17) is 0 Å². The van der Waals surface area contributed by atoms with E-state index in [-0.39, 0.29) is 5.75 Å². The van der Waals surface area contributed by atoms with Crippen molar-refractivity contribution >= 4 is 16.6 Å². The lowest BCUT2D eigenvalue weighted by Gasteiger charge is -2.14. The van der Waals surface area contributed by atoms with Crippen molar-refractivity contribution in [3.63, 3.8) is 0 Å². The molecule has 0 radical (unpaired) electrons. The van der Waals surface area contributed by atoms with E-state index in [2.05, 4.69) is 15.0 Å². The van der Waals surface area contributed by atoms with E-state index < -0.39 is 6.61 Å². The maximum absolute atomic E-state index is 12.3. The van der Waals surface area contributed by atoms with Crippen LogP contribution in [0, 0.1) is 13.8 Å². The van der Waals surface area contributed by atoms with Crippen LogP contribution in [-0.2, 0) is 0 Å². The zero-order chi connectivity index (χ0) is 14.0. The average molecular weight is 266 g/mol. The zero-order valence-electron chi connectivity index (χ0n) is 11.1. The Morgan fingerprint density at radius 3 is 2.68 bits per heavy atom. The predicted molar refractivity (Wildman–Crippen MR) is 72.0 cm³/mol. The second-order valence-electron chi connectivity index (χ2n) is 4.29. The van der Waals surface area contributed by atoms with Crippen LogP contribution in [-0.4, -0.2) is 18.1 Å². The van der Waals surface area contributed by atoms with Gasteiger partial charge in [0.2, 0.25) is 0 Å². The average Bonchev–Trinajstić information content (AvgIpc) is 2.35. The number of nitrogens with zero attached hydrogens (tertiary/aromatic N) is 1. The summed E-state index contributed by atoms with van der Waals surface area (Å²) in [5.41, 5.74) is 3.62. The maximum atomic E-state index is 12.3. The van der Waals surface area contributed by atoms with Gasteiger partial charge in [-0.1, -0.05) is 0 Å². The standard InChI is InChI=1S/C14H16F2N2O/c1-4-17-13-8(2)9(3)18-12-6-5-10(7-11(12)13)19-14(15)16/h5-7,14H,4H2,1-3H3,(H,17,18). The number of benzene rings is 1. The smallest absolute Gasteiger partial charge is 0.387 e. The van der Waals surface area contributed by atoms with Crippen molar-refractivity contribution in [3.8, 4) is 5.75 Å². The van der Waals surface area contributed by atoms with Crippen molar-refractivity contribution in [2.45, 2.75) is 27.4 Å². The number of pyridine rings is 1. The van der Waals surface area contributed by atoms with Gasteiger partial charge in [-0.25, -0.2) is 0 Å². The molecule has 0 saturated carbocycles. The highest BCUT2D eigenvalue weighted by molar-refractivity contribution is 5.94. The lowest BCUT2D eigenvalue weighted by Crippen LogP contribution is -2.04. The first-order chi connectivity index (χ1) is 9.02. The van der Waals surface area contributed by atoms with Crippen LogP contribution in [0.25, 0.3) is 10.9 Å². The molecule has 0 unspecified atom stereocenters. The van der Waals surface area contributed by atoms with Crippen LogP contribution in [0.4, 0.5) is 14.5 Å². The molecule has 5 heteroatoms. The van der Waals surface area contributed by atoms with Crippen LogP contribution in [0.5, 0.6) is 5.75 Å². The molecular weight excluding hydrogens is 250 g/mol. The van der Waals surface area contributed by atoms with E-state index in [1.807, 2.05) is 20.8 Å². The van der Waals surface area contributed by atoms with Gasteiger partial charge in [-0.2, -0.15) is 8.78 Å². The van der Waals surface area contributed by atoms with Gasteiger partial charge in [0.25, 0.3) is 0 Å². The van der Waals surface area contributed by atoms with Gasteiger partial charge in [-0.3, -0.25) is 4.98 Å². The Morgan fingerprint density at radius 2 is 2.05 bits per heavy atom. The maximum Gasteiger partial charge on any atom is 0.387 e. The van der Waals surface area contributed by atoms with Gasteiger partial charge < -0.3 is 10.1 Å². The number of hydrogen-bond donors (Lipinski definition) is 1. The molecule has 102 valence electrons. The summed E-state index contributed by atoms with van der Waals surface area (Å²) in [4.78, 5) is 4.46. The van der Waals surface area contributed by atoms with E-state index in [0.717, 1.165) is 34.4 Å². The molecule has 1 aromatic heterocycles. The number of nitrogens with one attached hydrogen (secondary N) is 1. The number of rotatable bonds is 4. The van der Waals surface area contributed by atoms with Gasteiger partial charge in [0.1, 0.15) is 5.75 Å². The first-order valence-corrected chi connectivity index (χ1v) is 6.12. The molecule has 0 spiro atoms. The summed E-state index contributed by atoms with van der Waals surface area (Å²) in [5, 5.41) is 4.05. The topological polar surface area (TPSA) is 34.2 Å². The monoisotopic (exact) mass is 266 g/mol. The summed E-state index contributed by atoms with van der Waals surface area (Å²) < 4.78 is 29.0. The number of anilines is 1. The lowest BCUT2D eigenvalue weighted by molar-refractivity contribution is -0.0497. The normalized spacial score (nSPS) is 11.1. The minimum Gasteiger partial charge on any atom is -0.435 e. The third-order valence-corrected chi connectivity index (χ3v) is 3.02. The van der Waals surface area contributed by atoms with Gasteiger partial charge in [0.15, 0.2) is 0 Å². The summed E-state index contributed by atoms with van der Waals surface area (Å²) >= 11 is 0. The van der Waals surface area contributed by atoms with Crippen LogP contribution in [0.15, 0.2) is 18.2 Å². The second-order valence-corrected chi connectivity index (χ2v) is 4.29. The van der Waals surface area contributed by atoms with Gasteiger partial charge >= 0.3 is 6.61 Å². The molecule has 0 saturated heterocycles.